The van der Waals surface area contributed by atoms with E-state index in [1.165, 1.54) is 30.5 Å². The highest BCUT2D eigenvalue weighted by molar-refractivity contribution is 8.01. The number of benzene rings is 1. The fraction of sp³-hybridized carbons (Fsp3) is 0.250. The van der Waals surface area contributed by atoms with E-state index in [9.17, 15) is 18.7 Å². The summed E-state index contributed by atoms with van der Waals surface area (Å²) in [6, 6.07) is 9.42. The summed E-state index contributed by atoms with van der Waals surface area (Å²) < 4.78 is 22.4. The van der Waals surface area contributed by atoms with Crippen LogP contribution in [-0.2, 0) is 0 Å². The molecule has 1 saturated heterocycles. The number of aromatic nitrogens is 3. The number of nitrogens with zero attached hydrogens (tertiary/aromatic N) is 3. The van der Waals surface area contributed by atoms with Crippen molar-refractivity contribution in [2.45, 2.75) is 22.1 Å². The first-order valence-electron chi connectivity index (χ1n) is 9.38. The Kier molecular flexibility index (Phi) is 6.12. The number of alkyl halides is 3. The van der Waals surface area contributed by atoms with Crippen LogP contribution in [0.1, 0.15) is 16.8 Å². The van der Waals surface area contributed by atoms with E-state index in [2.05, 4.69) is 20.5 Å². The van der Waals surface area contributed by atoms with Crippen molar-refractivity contribution >= 4 is 40.8 Å². The predicted octanol–water partition coefficient (Wildman–Crippen LogP) is 4.18. The fourth-order valence-corrected chi connectivity index (χ4v) is 4.12. The van der Waals surface area contributed by atoms with Crippen molar-refractivity contribution < 1.29 is 18.7 Å². The molecule has 1 fully saturated rings. The smallest absolute Gasteiger partial charge is 0.375 e. The number of carbonyl (C=O) groups excluding carboxylic acids is 1. The van der Waals surface area contributed by atoms with Gasteiger partial charge in [-0.15, -0.1) is 0 Å². The molecule has 0 aliphatic carbocycles. The van der Waals surface area contributed by atoms with E-state index in [1.54, 1.807) is 18.3 Å². The summed E-state index contributed by atoms with van der Waals surface area (Å²) in [5.74, 6) is 0.255. The van der Waals surface area contributed by atoms with E-state index in [4.69, 9.17) is 11.6 Å². The minimum atomic E-state index is -3.40. The largest absolute Gasteiger partial charge is 0.391 e. The Balaban J connectivity index is 1.55. The maximum absolute atomic E-state index is 12.9. The molecule has 1 aliphatic rings. The Labute approximate surface area is 185 Å². The standard InChI is InChI=1S/C20H18ClF2N5O2S/c21-20(22,23)31-15-3-1-13(2-4-15)26-19(30)12-9-16(17-5-7-25-27-17)18(24-10-12)28-8-6-14(29)11-28/h1-5,7,9-10,14,29H,6,8,11H2,(H,25,27)(H,26,30)/t14-/m1/s1. The Morgan fingerprint density at radius 3 is 2.71 bits per heavy atom. The number of aromatic amines is 1. The second-order valence-corrected chi connectivity index (χ2v) is 8.87. The average molecular weight is 466 g/mol. The van der Waals surface area contributed by atoms with Gasteiger partial charge in [0.1, 0.15) is 5.82 Å². The molecule has 0 radical (unpaired) electrons. The highest BCUT2D eigenvalue weighted by Crippen LogP contribution is 2.39. The van der Waals surface area contributed by atoms with Gasteiger partial charge < -0.3 is 15.3 Å². The fourth-order valence-electron chi connectivity index (χ4n) is 3.32. The molecule has 0 spiro atoms. The highest BCUT2D eigenvalue weighted by Gasteiger charge is 2.27. The monoisotopic (exact) mass is 465 g/mol. The molecule has 2 aromatic heterocycles. The van der Waals surface area contributed by atoms with Gasteiger partial charge in [-0.2, -0.15) is 13.9 Å². The molecular weight excluding hydrogens is 448 g/mol. The Morgan fingerprint density at radius 1 is 1.32 bits per heavy atom. The van der Waals surface area contributed by atoms with Crippen LogP contribution < -0.4 is 10.2 Å². The average Bonchev–Trinajstić information content (AvgIpc) is 3.40. The topological polar surface area (TPSA) is 94.1 Å². The summed E-state index contributed by atoms with van der Waals surface area (Å²) >= 11 is 5.14. The number of aliphatic hydroxyl groups excluding tert-OH is 1. The third kappa shape index (κ3) is 5.33. The maximum atomic E-state index is 12.9. The summed E-state index contributed by atoms with van der Waals surface area (Å²) in [6.07, 6.45) is 3.30. The number of aliphatic hydroxyl groups is 1. The molecule has 1 atom stereocenters. The van der Waals surface area contributed by atoms with Crippen LogP contribution in [0.5, 0.6) is 0 Å². The summed E-state index contributed by atoms with van der Waals surface area (Å²) in [4.78, 5) is 19.5. The number of hydrogen-bond donors (Lipinski definition) is 3. The van der Waals surface area contributed by atoms with E-state index in [0.29, 0.717) is 47.8 Å². The third-order valence-corrected chi connectivity index (χ3v) is 5.70. The minimum Gasteiger partial charge on any atom is -0.391 e. The predicted molar refractivity (Wildman–Crippen MR) is 116 cm³/mol. The molecule has 7 nitrogen and oxygen atoms in total. The molecule has 0 unspecified atom stereocenters. The third-order valence-electron chi connectivity index (χ3n) is 4.73. The molecule has 3 heterocycles. The van der Waals surface area contributed by atoms with E-state index < -0.39 is 16.7 Å². The molecule has 3 aromatic rings. The second kappa shape index (κ2) is 8.81. The van der Waals surface area contributed by atoms with Crippen LogP contribution in [-0.4, -0.2) is 50.1 Å². The van der Waals surface area contributed by atoms with Gasteiger partial charge in [-0.25, -0.2) is 4.98 Å². The van der Waals surface area contributed by atoms with Crippen molar-refractivity contribution in [3.05, 3.63) is 54.4 Å². The number of anilines is 2. The van der Waals surface area contributed by atoms with Crippen LogP contribution in [0, 0.1) is 0 Å². The first kappa shape index (κ1) is 21.5. The molecule has 1 aromatic carbocycles. The van der Waals surface area contributed by atoms with Crippen LogP contribution in [0.2, 0.25) is 0 Å². The molecular formula is C20H18ClF2N5O2S. The number of amides is 1. The molecule has 4 rings (SSSR count). The first-order chi connectivity index (χ1) is 14.8. The zero-order chi connectivity index (χ0) is 22.0. The number of H-pyrrole nitrogens is 1. The number of carbonyl (C=O) groups is 1. The molecule has 0 bridgehead atoms. The van der Waals surface area contributed by atoms with Crippen molar-refractivity contribution in [3.63, 3.8) is 0 Å². The second-order valence-electron chi connectivity index (χ2n) is 6.98. The number of β-amino-alcohol motifs (C(OH)–C–C–N with tert-alkyl or cyclic N) is 1. The van der Waals surface area contributed by atoms with Crippen LogP contribution in [0.15, 0.2) is 53.7 Å². The van der Waals surface area contributed by atoms with Crippen molar-refractivity contribution in [3.8, 4) is 11.3 Å². The van der Waals surface area contributed by atoms with Crippen LogP contribution >= 0.6 is 23.4 Å². The summed E-state index contributed by atoms with van der Waals surface area (Å²) in [7, 11) is 0. The normalized spacial score (nSPS) is 16.5. The van der Waals surface area contributed by atoms with Gasteiger partial charge in [-0.3, -0.25) is 9.89 Å². The number of pyridine rings is 1. The van der Waals surface area contributed by atoms with Crippen LogP contribution in [0.4, 0.5) is 20.3 Å². The summed E-state index contributed by atoms with van der Waals surface area (Å²) in [5.41, 5.74) is 2.15. The zero-order valence-corrected chi connectivity index (χ0v) is 17.6. The number of rotatable bonds is 6. The summed E-state index contributed by atoms with van der Waals surface area (Å²) in [6.45, 7) is 1.12. The summed E-state index contributed by atoms with van der Waals surface area (Å²) in [5, 5.41) is 19.5. The van der Waals surface area contributed by atoms with E-state index in [-0.39, 0.29) is 16.7 Å². The maximum Gasteiger partial charge on any atom is 0.375 e. The van der Waals surface area contributed by atoms with Gasteiger partial charge in [0.05, 0.1) is 17.4 Å². The van der Waals surface area contributed by atoms with E-state index in [0.717, 1.165) is 0 Å². The highest BCUT2D eigenvalue weighted by atomic mass is 35.5. The van der Waals surface area contributed by atoms with Crippen LogP contribution in [0.25, 0.3) is 11.3 Å². The quantitative estimate of drug-likeness (QED) is 0.373. The van der Waals surface area contributed by atoms with Gasteiger partial charge in [0, 0.05) is 41.6 Å². The number of halogens is 3. The number of hydrogen-bond acceptors (Lipinski definition) is 6. The Hall–Kier alpha value is -2.69. The van der Waals surface area contributed by atoms with Gasteiger partial charge in [0.25, 0.3) is 5.91 Å². The van der Waals surface area contributed by atoms with Gasteiger partial charge in [0.2, 0.25) is 0 Å². The lowest BCUT2D eigenvalue weighted by atomic mass is 10.1. The van der Waals surface area contributed by atoms with E-state index in [1.807, 2.05) is 4.90 Å². The molecule has 0 saturated carbocycles. The Bertz CT molecular complexity index is 1060. The van der Waals surface area contributed by atoms with Crippen molar-refractivity contribution in [1.82, 2.24) is 15.2 Å². The Morgan fingerprint density at radius 2 is 2.10 bits per heavy atom. The lowest BCUT2D eigenvalue weighted by Crippen LogP contribution is -2.23. The van der Waals surface area contributed by atoms with Gasteiger partial charge in [-0.05, 0) is 66.2 Å². The SMILES string of the molecule is O=C(Nc1ccc(SC(F)(F)Cl)cc1)c1cnc(N2CC[C@@H](O)C2)c(-c2ccn[nH]2)c1. The lowest BCUT2D eigenvalue weighted by molar-refractivity contribution is 0.102. The molecule has 162 valence electrons. The number of thioether (sulfide) groups is 1. The molecule has 3 N–H and O–H groups in total. The zero-order valence-electron chi connectivity index (χ0n) is 16.1. The van der Waals surface area contributed by atoms with Crippen molar-refractivity contribution in [2.24, 2.45) is 0 Å². The molecule has 1 aliphatic heterocycles. The lowest BCUT2D eigenvalue weighted by Gasteiger charge is -2.20. The molecule has 1 amide bonds. The first-order valence-corrected chi connectivity index (χ1v) is 10.6. The number of nitrogens with one attached hydrogen (secondary N) is 2. The van der Waals surface area contributed by atoms with Gasteiger partial charge >= 0.3 is 4.71 Å². The molecule has 11 heteroatoms. The van der Waals surface area contributed by atoms with E-state index >= 15 is 0 Å². The van der Waals surface area contributed by atoms with Crippen molar-refractivity contribution in [2.75, 3.05) is 23.3 Å². The minimum absolute atomic E-state index is 0.216. The van der Waals surface area contributed by atoms with Crippen LogP contribution in [0.3, 0.4) is 0 Å². The van der Waals surface area contributed by atoms with Gasteiger partial charge in [-0.1, -0.05) is 0 Å². The van der Waals surface area contributed by atoms with Crippen molar-refractivity contribution in [1.29, 1.82) is 0 Å². The molecule has 31 heavy (non-hydrogen) atoms. The van der Waals surface area contributed by atoms with Gasteiger partial charge in [0.15, 0.2) is 0 Å².